The van der Waals surface area contributed by atoms with Crippen LogP contribution in [0.2, 0.25) is 0 Å². The van der Waals surface area contributed by atoms with Gasteiger partial charge in [0.05, 0.1) is 23.1 Å². The van der Waals surface area contributed by atoms with Gasteiger partial charge in [-0.2, -0.15) is 5.26 Å². The number of nitriles is 1. The molecule has 7 heteroatoms. The Morgan fingerprint density at radius 1 is 1.48 bits per heavy atom. The molecule has 2 N–H and O–H groups in total. The summed E-state index contributed by atoms with van der Waals surface area (Å²) in [6.45, 7) is 0.721. The highest BCUT2D eigenvalue weighted by Gasteiger charge is 2.25. The lowest BCUT2D eigenvalue weighted by molar-refractivity contribution is -0.121. The summed E-state index contributed by atoms with van der Waals surface area (Å²) in [6, 6.07) is 8.71. The fourth-order valence-electron chi connectivity index (χ4n) is 2.25. The van der Waals surface area contributed by atoms with Crippen molar-refractivity contribution in [3.8, 4) is 6.07 Å². The van der Waals surface area contributed by atoms with Gasteiger partial charge in [-0.25, -0.2) is 8.42 Å². The SMILES string of the molecule is N#Cc1cccc(CNC(=O)CC2CS(=O)(=O)CCN2)c1. The number of hydrogen-bond donors (Lipinski definition) is 2. The Bertz CT molecular complexity index is 664. The molecule has 2 rings (SSSR count). The van der Waals surface area contributed by atoms with Crippen molar-refractivity contribution < 1.29 is 13.2 Å². The fraction of sp³-hybridized carbons (Fsp3) is 0.429. The predicted octanol–water partition coefficient (Wildman–Crippen LogP) is -0.0488. The van der Waals surface area contributed by atoms with Gasteiger partial charge in [0.25, 0.3) is 0 Å². The number of nitrogens with zero attached hydrogens (tertiary/aromatic N) is 1. The first-order valence-electron chi connectivity index (χ1n) is 6.68. The average molecular weight is 307 g/mol. The molecule has 1 amide bonds. The zero-order valence-electron chi connectivity index (χ0n) is 11.5. The number of benzene rings is 1. The van der Waals surface area contributed by atoms with Gasteiger partial charge in [-0.15, -0.1) is 0 Å². The maximum atomic E-state index is 11.8. The molecule has 1 atom stereocenters. The molecule has 0 bridgehead atoms. The van der Waals surface area contributed by atoms with E-state index < -0.39 is 9.84 Å². The van der Waals surface area contributed by atoms with Crippen LogP contribution in [0.1, 0.15) is 17.5 Å². The van der Waals surface area contributed by atoms with E-state index in [9.17, 15) is 13.2 Å². The molecule has 0 spiro atoms. The standard InChI is InChI=1S/C14H17N3O3S/c15-8-11-2-1-3-12(6-11)9-17-14(18)7-13-10-21(19,20)5-4-16-13/h1-3,6,13,16H,4-5,7,9-10H2,(H,17,18). The van der Waals surface area contributed by atoms with Crippen LogP contribution in [0, 0.1) is 11.3 Å². The molecule has 112 valence electrons. The van der Waals surface area contributed by atoms with E-state index in [-0.39, 0.29) is 29.9 Å². The highest BCUT2D eigenvalue weighted by molar-refractivity contribution is 7.91. The first-order chi connectivity index (χ1) is 9.98. The van der Waals surface area contributed by atoms with Crippen LogP contribution in [0.25, 0.3) is 0 Å². The Labute approximate surface area is 124 Å². The zero-order valence-corrected chi connectivity index (χ0v) is 12.3. The summed E-state index contributed by atoms with van der Waals surface area (Å²) in [5.74, 6) is -0.0666. The molecule has 1 heterocycles. The van der Waals surface area contributed by atoms with E-state index in [1.165, 1.54) is 0 Å². The largest absolute Gasteiger partial charge is 0.352 e. The van der Waals surface area contributed by atoms with Crippen molar-refractivity contribution in [2.75, 3.05) is 18.1 Å². The Morgan fingerprint density at radius 3 is 3.00 bits per heavy atom. The summed E-state index contributed by atoms with van der Waals surface area (Å²) < 4.78 is 23.0. The Kier molecular flexibility index (Phi) is 4.94. The molecular weight excluding hydrogens is 290 g/mol. The third kappa shape index (κ3) is 4.85. The van der Waals surface area contributed by atoms with Crippen molar-refractivity contribution >= 4 is 15.7 Å². The van der Waals surface area contributed by atoms with E-state index in [4.69, 9.17) is 5.26 Å². The molecule has 21 heavy (non-hydrogen) atoms. The van der Waals surface area contributed by atoms with Crippen molar-refractivity contribution in [3.05, 3.63) is 35.4 Å². The lowest BCUT2D eigenvalue weighted by atomic mass is 10.1. The molecule has 0 aromatic heterocycles. The van der Waals surface area contributed by atoms with Gasteiger partial charge in [0.2, 0.25) is 5.91 Å². The van der Waals surface area contributed by atoms with Crippen LogP contribution in [0.4, 0.5) is 0 Å². The Balaban J connectivity index is 1.83. The second-order valence-electron chi connectivity index (χ2n) is 5.06. The van der Waals surface area contributed by atoms with Crippen molar-refractivity contribution in [1.82, 2.24) is 10.6 Å². The molecular formula is C14H17N3O3S. The van der Waals surface area contributed by atoms with E-state index >= 15 is 0 Å². The zero-order chi connectivity index (χ0) is 15.3. The molecule has 0 aliphatic carbocycles. The van der Waals surface area contributed by atoms with Crippen LogP contribution in [-0.4, -0.2) is 38.4 Å². The quantitative estimate of drug-likeness (QED) is 0.812. The highest BCUT2D eigenvalue weighted by atomic mass is 32.2. The molecule has 1 aliphatic rings. The summed E-state index contributed by atoms with van der Waals surface area (Å²) >= 11 is 0. The number of carbonyl (C=O) groups is 1. The summed E-state index contributed by atoms with van der Waals surface area (Å²) in [6.07, 6.45) is 0.136. The number of rotatable bonds is 4. The smallest absolute Gasteiger partial charge is 0.221 e. The minimum Gasteiger partial charge on any atom is -0.352 e. The molecule has 1 aromatic rings. The van der Waals surface area contributed by atoms with E-state index in [0.29, 0.717) is 18.7 Å². The van der Waals surface area contributed by atoms with Gasteiger partial charge >= 0.3 is 0 Å². The molecule has 0 radical (unpaired) electrons. The Hall–Kier alpha value is -1.91. The van der Waals surface area contributed by atoms with Crippen molar-refractivity contribution in [1.29, 1.82) is 5.26 Å². The van der Waals surface area contributed by atoms with Gasteiger partial charge in [0.1, 0.15) is 0 Å². The van der Waals surface area contributed by atoms with Gasteiger partial charge in [-0.05, 0) is 17.7 Å². The van der Waals surface area contributed by atoms with Crippen molar-refractivity contribution in [2.24, 2.45) is 0 Å². The monoisotopic (exact) mass is 307 g/mol. The van der Waals surface area contributed by atoms with Gasteiger partial charge in [-0.1, -0.05) is 12.1 Å². The van der Waals surface area contributed by atoms with Crippen LogP contribution in [0.15, 0.2) is 24.3 Å². The lowest BCUT2D eigenvalue weighted by Crippen LogP contribution is -2.47. The lowest BCUT2D eigenvalue weighted by Gasteiger charge is -2.23. The number of sulfone groups is 1. The second-order valence-corrected chi connectivity index (χ2v) is 7.29. The first-order valence-corrected chi connectivity index (χ1v) is 8.50. The number of carbonyl (C=O) groups excluding carboxylic acids is 1. The maximum absolute atomic E-state index is 11.8. The molecule has 1 aromatic carbocycles. The van der Waals surface area contributed by atoms with Crippen LogP contribution in [0.5, 0.6) is 0 Å². The van der Waals surface area contributed by atoms with Gasteiger partial charge in [0.15, 0.2) is 9.84 Å². The molecule has 1 fully saturated rings. The third-order valence-corrected chi connectivity index (χ3v) is 5.02. The Morgan fingerprint density at radius 2 is 2.29 bits per heavy atom. The van der Waals surface area contributed by atoms with Gasteiger partial charge in [-0.3, -0.25) is 4.79 Å². The molecule has 1 unspecified atom stereocenters. The normalized spacial score (nSPS) is 20.4. The van der Waals surface area contributed by atoms with Gasteiger partial charge in [0, 0.05) is 25.6 Å². The topological polar surface area (TPSA) is 99.1 Å². The summed E-state index contributed by atoms with van der Waals surface area (Å²) in [5, 5.41) is 14.6. The van der Waals surface area contributed by atoms with Crippen molar-refractivity contribution in [3.63, 3.8) is 0 Å². The van der Waals surface area contributed by atoms with E-state index in [2.05, 4.69) is 10.6 Å². The molecule has 1 aliphatic heterocycles. The molecule has 1 saturated heterocycles. The number of hydrogen-bond acceptors (Lipinski definition) is 5. The predicted molar refractivity (Wildman–Crippen MR) is 78.1 cm³/mol. The average Bonchev–Trinajstić information content (AvgIpc) is 2.44. The first kappa shape index (κ1) is 15.5. The van der Waals surface area contributed by atoms with E-state index in [1.807, 2.05) is 12.1 Å². The molecule has 0 saturated carbocycles. The fourth-order valence-corrected chi connectivity index (χ4v) is 3.69. The van der Waals surface area contributed by atoms with E-state index in [0.717, 1.165) is 5.56 Å². The number of nitrogens with one attached hydrogen (secondary N) is 2. The van der Waals surface area contributed by atoms with Crippen LogP contribution in [0.3, 0.4) is 0 Å². The van der Waals surface area contributed by atoms with Crippen LogP contribution >= 0.6 is 0 Å². The summed E-state index contributed by atoms with van der Waals surface area (Å²) in [5.41, 5.74) is 1.38. The minimum atomic E-state index is -3.03. The van der Waals surface area contributed by atoms with Crippen molar-refractivity contribution in [2.45, 2.75) is 19.0 Å². The van der Waals surface area contributed by atoms with Crippen LogP contribution < -0.4 is 10.6 Å². The second kappa shape index (κ2) is 6.70. The maximum Gasteiger partial charge on any atom is 0.221 e. The number of amides is 1. The van der Waals surface area contributed by atoms with Crippen LogP contribution in [-0.2, 0) is 21.2 Å². The third-order valence-electron chi connectivity index (χ3n) is 3.28. The summed E-state index contributed by atoms with van der Waals surface area (Å²) in [4.78, 5) is 11.8. The highest BCUT2D eigenvalue weighted by Crippen LogP contribution is 2.06. The minimum absolute atomic E-state index is 0.00430. The summed E-state index contributed by atoms with van der Waals surface area (Å²) in [7, 11) is -3.03. The van der Waals surface area contributed by atoms with Gasteiger partial charge < -0.3 is 10.6 Å². The molecule has 6 nitrogen and oxygen atoms in total. The van der Waals surface area contributed by atoms with E-state index in [1.54, 1.807) is 18.2 Å².